The van der Waals surface area contributed by atoms with Gasteiger partial charge in [0.1, 0.15) is 18.2 Å². The first-order chi connectivity index (χ1) is 7.41. The third-order valence-corrected chi connectivity index (χ3v) is 2.07. The van der Waals surface area contributed by atoms with Crippen LogP contribution in [0.25, 0.3) is 0 Å². The second kappa shape index (κ2) is 4.61. The molecule has 0 spiro atoms. The Morgan fingerprint density at radius 2 is 2.12 bits per heavy atom. The van der Waals surface area contributed by atoms with Crippen LogP contribution in [0.5, 0.6) is 5.75 Å². The zero-order valence-electron chi connectivity index (χ0n) is 9.11. The third kappa shape index (κ3) is 2.69. The number of hydrogen-bond acceptors (Lipinski definition) is 4. The highest BCUT2D eigenvalue weighted by Crippen LogP contribution is 2.27. The van der Waals surface area contributed by atoms with E-state index in [9.17, 15) is 10.1 Å². The molecule has 3 N–H and O–H groups in total. The first kappa shape index (κ1) is 12.0. The zero-order chi connectivity index (χ0) is 12.3. The largest absolute Gasteiger partial charge is 0.485 e. The fourth-order valence-corrected chi connectivity index (χ4v) is 1.28. The van der Waals surface area contributed by atoms with Gasteiger partial charge < -0.3 is 10.5 Å². The average molecular weight is 223 g/mol. The summed E-state index contributed by atoms with van der Waals surface area (Å²) in [4.78, 5) is 10.2. The summed E-state index contributed by atoms with van der Waals surface area (Å²) in [6.45, 7) is 3.33. The van der Waals surface area contributed by atoms with E-state index in [0.717, 1.165) is 0 Å². The van der Waals surface area contributed by atoms with Crippen molar-refractivity contribution in [2.24, 2.45) is 5.73 Å². The number of aryl methyl sites for hydroxylation is 2. The van der Waals surface area contributed by atoms with Gasteiger partial charge in [0, 0.05) is 11.6 Å². The van der Waals surface area contributed by atoms with E-state index in [2.05, 4.69) is 0 Å². The number of benzene rings is 1. The van der Waals surface area contributed by atoms with Crippen molar-refractivity contribution in [3.63, 3.8) is 0 Å². The van der Waals surface area contributed by atoms with Gasteiger partial charge in [0.2, 0.25) is 0 Å². The smallest absolute Gasteiger partial charge is 0.272 e. The van der Waals surface area contributed by atoms with Gasteiger partial charge in [0.15, 0.2) is 0 Å². The summed E-state index contributed by atoms with van der Waals surface area (Å²) in [6.07, 6.45) is 0. The van der Waals surface area contributed by atoms with Crippen molar-refractivity contribution in [3.8, 4) is 5.75 Å². The molecule has 0 saturated carbocycles. The number of nitro benzene ring substituents is 1. The van der Waals surface area contributed by atoms with Crippen LogP contribution < -0.4 is 10.5 Å². The van der Waals surface area contributed by atoms with Crippen molar-refractivity contribution in [1.82, 2.24) is 0 Å². The molecule has 1 rings (SSSR count). The minimum absolute atomic E-state index is 0.0158. The fraction of sp³-hybridized carbons (Fsp3) is 0.300. The van der Waals surface area contributed by atoms with Crippen LogP contribution in [0, 0.1) is 29.4 Å². The van der Waals surface area contributed by atoms with Crippen LogP contribution >= 0.6 is 0 Å². The Hall–Kier alpha value is -2.11. The van der Waals surface area contributed by atoms with E-state index in [1.807, 2.05) is 0 Å². The molecular weight excluding hydrogens is 210 g/mol. The minimum atomic E-state index is -0.433. The molecule has 0 aliphatic heterocycles. The number of hydrogen-bond donors (Lipinski definition) is 2. The maximum absolute atomic E-state index is 10.7. The van der Waals surface area contributed by atoms with Crippen LogP contribution in [0.3, 0.4) is 0 Å². The topological polar surface area (TPSA) is 102 Å². The summed E-state index contributed by atoms with van der Waals surface area (Å²) in [5, 5.41) is 17.7. The highest BCUT2D eigenvalue weighted by Gasteiger charge is 2.13. The quantitative estimate of drug-likeness (QED) is 0.349. The summed E-state index contributed by atoms with van der Waals surface area (Å²) < 4.78 is 5.24. The molecule has 0 aromatic heterocycles. The van der Waals surface area contributed by atoms with Gasteiger partial charge >= 0.3 is 0 Å². The van der Waals surface area contributed by atoms with Gasteiger partial charge in [-0.05, 0) is 25.5 Å². The molecule has 0 aliphatic carbocycles. The number of nitrogens with two attached hydrogens (primary N) is 1. The van der Waals surface area contributed by atoms with Gasteiger partial charge in [-0.25, -0.2) is 0 Å². The van der Waals surface area contributed by atoms with Crippen LogP contribution in [0.2, 0.25) is 0 Å². The Bertz CT molecular complexity index is 443. The van der Waals surface area contributed by atoms with E-state index in [4.69, 9.17) is 15.9 Å². The molecule has 0 saturated heterocycles. The highest BCUT2D eigenvalue weighted by molar-refractivity contribution is 5.78. The molecule has 0 radical (unpaired) electrons. The molecule has 0 amide bonds. The maximum Gasteiger partial charge on any atom is 0.272 e. The molecule has 0 fully saturated rings. The Labute approximate surface area is 92.7 Å². The zero-order valence-corrected chi connectivity index (χ0v) is 9.11. The number of nitrogens with zero attached hydrogens (tertiary/aromatic N) is 1. The van der Waals surface area contributed by atoms with Crippen LogP contribution in [0.15, 0.2) is 12.1 Å². The van der Waals surface area contributed by atoms with E-state index < -0.39 is 4.92 Å². The Kier molecular flexibility index (Phi) is 3.44. The predicted octanol–water partition coefficient (Wildman–Crippen LogP) is 1.53. The van der Waals surface area contributed by atoms with Gasteiger partial charge in [0.25, 0.3) is 5.69 Å². The number of nitrogens with one attached hydrogen (secondary N) is 1. The van der Waals surface area contributed by atoms with Crippen molar-refractivity contribution >= 4 is 11.5 Å². The normalized spacial score (nSPS) is 9.88. The predicted molar refractivity (Wildman–Crippen MR) is 60.0 cm³/mol. The highest BCUT2D eigenvalue weighted by atomic mass is 16.6. The molecule has 6 nitrogen and oxygen atoms in total. The van der Waals surface area contributed by atoms with Gasteiger partial charge in [-0.15, -0.1) is 0 Å². The molecule has 0 bridgehead atoms. The number of rotatable bonds is 4. The van der Waals surface area contributed by atoms with Crippen molar-refractivity contribution in [3.05, 3.63) is 33.4 Å². The monoisotopic (exact) mass is 223 g/mol. The Morgan fingerprint density at radius 3 is 2.62 bits per heavy atom. The number of nitro groups is 1. The summed E-state index contributed by atoms with van der Waals surface area (Å²) in [7, 11) is 0. The molecule has 0 unspecified atom stereocenters. The molecule has 1 aromatic rings. The average Bonchev–Trinajstić information content (AvgIpc) is 2.18. The number of ether oxygens (including phenoxy) is 1. The van der Waals surface area contributed by atoms with Crippen LogP contribution in [0.4, 0.5) is 5.69 Å². The first-order valence-corrected chi connectivity index (χ1v) is 4.63. The third-order valence-electron chi connectivity index (χ3n) is 2.07. The minimum Gasteiger partial charge on any atom is -0.485 e. The van der Waals surface area contributed by atoms with E-state index in [-0.39, 0.29) is 18.1 Å². The van der Waals surface area contributed by atoms with E-state index >= 15 is 0 Å². The van der Waals surface area contributed by atoms with E-state index in [0.29, 0.717) is 16.9 Å². The standard InChI is InChI=1S/C10H13N3O3/c1-6-4-9(16-5-10(11)12)7(2)3-8(6)13(14)15/h3-4H,5H2,1-2H3,(H3,11,12). The van der Waals surface area contributed by atoms with Gasteiger partial charge in [-0.1, -0.05) is 0 Å². The lowest BCUT2D eigenvalue weighted by Gasteiger charge is -2.09. The lowest BCUT2D eigenvalue weighted by atomic mass is 10.1. The summed E-state index contributed by atoms with van der Waals surface area (Å²) in [5.41, 5.74) is 6.39. The maximum atomic E-state index is 10.7. The molecule has 1 aromatic carbocycles. The fourth-order valence-electron chi connectivity index (χ4n) is 1.28. The van der Waals surface area contributed by atoms with Gasteiger partial charge in [-0.2, -0.15) is 0 Å². The van der Waals surface area contributed by atoms with Gasteiger partial charge in [-0.3, -0.25) is 15.5 Å². The van der Waals surface area contributed by atoms with Crippen molar-refractivity contribution in [1.29, 1.82) is 5.41 Å². The lowest BCUT2D eigenvalue weighted by Crippen LogP contribution is -2.19. The van der Waals surface area contributed by atoms with Crippen LogP contribution in [0.1, 0.15) is 11.1 Å². The van der Waals surface area contributed by atoms with E-state index in [1.54, 1.807) is 19.9 Å². The molecule has 0 aliphatic rings. The first-order valence-electron chi connectivity index (χ1n) is 4.63. The Balaban J connectivity index is 3.01. The second-order valence-electron chi connectivity index (χ2n) is 3.48. The van der Waals surface area contributed by atoms with Crippen molar-refractivity contribution in [2.45, 2.75) is 13.8 Å². The van der Waals surface area contributed by atoms with Crippen LogP contribution in [-0.4, -0.2) is 17.4 Å². The van der Waals surface area contributed by atoms with Gasteiger partial charge in [0.05, 0.1) is 4.92 Å². The summed E-state index contributed by atoms with van der Waals surface area (Å²) in [6, 6.07) is 3.03. The SMILES string of the molecule is Cc1cc([N+](=O)[O-])c(C)cc1OCC(=N)N. The molecule has 0 atom stereocenters. The summed E-state index contributed by atoms with van der Waals surface area (Å²) >= 11 is 0. The molecular formula is C10H13N3O3. The lowest BCUT2D eigenvalue weighted by molar-refractivity contribution is -0.385. The molecule has 6 heteroatoms. The van der Waals surface area contributed by atoms with Crippen molar-refractivity contribution in [2.75, 3.05) is 6.61 Å². The Morgan fingerprint density at radius 1 is 1.50 bits per heavy atom. The summed E-state index contributed by atoms with van der Waals surface area (Å²) in [5.74, 6) is 0.425. The van der Waals surface area contributed by atoms with E-state index in [1.165, 1.54) is 6.07 Å². The number of amidine groups is 1. The molecule has 86 valence electrons. The van der Waals surface area contributed by atoms with Crippen molar-refractivity contribution < 1.29 is 9.66 Å². The second-order valence-corrected chi connectivity index (χ2v) is 3.48. The molecule has 16 heavy (non-hydrogen) atoms. The molecule has 0 heterocycles. The van der Waals surface area contributed by atoms with Crippen LogP contribution in [-0.2, 0) is 0 Å².